The van der Waals surface area contributed by atoms with E-state index < -0.39 is 11.9 Å². The molecule has 0 unspecified atom stereocenters. The van der Waals surface area contributed by atoms with E-state index in [1.165, 1.54) is 39.6 Å². The van der Waals surface area contributed by atoms with Crippen molar-refractivity contribution in [1.29, 1.82) is 0 Å². The predicted octanol–water partition coefficient (Wildman–Crippen LogP) is 5.42. The van der Waals surface area contributed by atoms with E-state index in [9.17, 15) is 14.0 Å². The first-order valence-electron chi connectivity index (χ1n) is 10.3. The van der Waals surface area contributed by atoms with Crippen LogP contribution in [0.25, 0.3) is 0 Å². The predicted molar refractivity (Wildman–Crippen MR) is 134 cm³/mol. The lowest BCUT2D eigenvalue weighted by atomic mass is 10.1. The highest BCUT2D eigenvalue weighted by atomic mass is 35.5. The Labute approximate surface area is 205 Å². The summed E-state index contributed by atoms with van der Waals surface area (Å²) in [4.78, 5) is 30.7. The normalized spacial score (nSPS) is 15.9. The first kappa shape index (κ1) is 23.4. The summed E-state index contributed by atoms with van der Waals surface area (Å²) in [6.45, 7) is 2.55. The zero-order valence-electron chi connectivity index (χ0n) is 17.8. The molecule has 170 valence electrons. The molecule has 33 heavy (non-hydrogen) atoms. The van der Waals surface area contributed by atoms with Crippen LogP contribution >= 0.6 is 35.2 Å². The van der Waals surface area contributed by atoms with Gasteiger partial charge in [-0.1, -0.05) is 11.6 Å². The minimum absolute atomic E-state index is 0.0795. The fraction of sp³-hybridized carbons (Fsp3) is 0.208. The molecule has 1 atom stereocenters. The minimum Gasteiger partial charge on any atom is -0.336 e. The molecule has 0 saturated carbocycles. The van der Waals surface area contributed by atoms with Crippen molar-refractivity contribution in [2.24, 2.45) is 0 Å². The maximum Gasteiger partial charge on any atom is 0.256 e. The molecule has 9 heteroatoms. The van der Waals surface area contributed by atoms with Crippen molar-refractivity contribution >= 4 is 63.5 Å². The molecule has 1 aliphatic rings. The van der Waals surface area contributed by atoms with Crippen LogP contribution in [0, 0.1) is 12.7 Å². The number of thiocarbonyl (C=S) groups is 1. The maximum atomic E-state index is 13.4. The average molecular weight is 502 g/mol. The first-order valence-corrected chi connectivity index (χ1v) is 12.0. The van der Waals surface area contributed by atoms with E-state index in [1.54, 1.807) is 35.6 Å². The second-order valence-electron chi connectivity index (χ2n) is 7.68. The van der Waals surface area contributed by atoms with Crippen LogP contribution in [-0.2, 0) is 16.0 Å². The lowest BCUT2D eigenvalue weighted by molar-refractivity contribution is -0.124. The fourth-order valence-corrected chi connectivity index (χ4v) is 5.16. The number of thiophene rings is 1. The number of nitrogens with zero attached hydrogens (tertiary/aromatic N) is 2. The van der Waals surface area contributed by atoms with Gasteiger partial charge in [-0.25, -0.2) is 4.39 Å². The van der Waals surface area contributed by atoms with E-state index in [1.807, 2.05) is 17.2 Å². The Morgan fingerprint density at radius 1 is 1.15 bits per heavy atom. The number of carbonyl (C=O) groups excluding carboxylic acids is 2. The van der Waals surface area contributed by atoms with Crippen LogP contribution in [0.3, 0.4) is 0 Å². The standard InChI is InChI=1S/C24H21ClFN3O2S2/c1-15-11-13-33-21(15)10-12-28-20(14-22(30)27-18-6-4-17(26)5-7-18)23(31)29(24(28)32)19-8-2-16(25)3-9-19/h2-9,11,13,20H,10,12,14H2,1H3,(H,27,30)/t20-/m1/s1. The molecule has 0 radical (unpaired) electrons. The molecule has 1 saturated heterocycles. The van der Waals surface area contributed by atoms with Crippen molar-refractivity contribution in [3.63, 3.8) is 0 Å². The Morgan fingerprint density at radius 2 is 1.85 bits per heavy atom. The van der Waals surface area contributed by atoms with E-state index in [4.69, 9.17) is 23.8 Å². The lowest BCUT2D eigenvalue weighted by Gasteiger charge is -2.24. The van der Waals surface area contributed by atoms with Gasteiger partial charge in [0.25, 0.3) is 5.91 Å². The van der Waals surface area contributed by atoms with Crippen LogP contribution < -0.4 is 10.2 Å². The summed E-state index contributed by atoms with van der Waals surface area (Å²) in [6, 6.07) is 13.7. The van der Waals surface area contributed by atoms with E-state index >= 15 is 0 Å². The Balaban J connectivity index is 1.55. The molecule has 1 aromatic heterocycles. The van der Waals surface area contributed by atoms with Gasteiger partial charge in [0.1, 0.15) is 11.9 Å². The minimum atomic E-state index is -0.742. The summed E-state index contributed by atoms with van der Waals surface area (Å²) in [6.07, 6.45) is 0.630. The highest BCUT2D eigenvalue weighted by molar-refractivity contribution is 7.80. The monoisotopic (exact) mass is 501 g/mol. The molecule has 5 nitrogen and oxygen atoms in total. The number of hydrogen-bond donors (Lipinski definition) is 1. The van der Waals surface area contributed by atoms with E-state index in [0.717, 1.165) is 0 Å². The van der Waals surface area contributed by atoms with Crippen molar-refractivity contribution in [2.45, 2.75) is 25.8 Å². The average Bonchev–Trinajstić information content (AvgIpc) is 3.29. The Morgan fingerprint density at radius 3 is 2.48 bits per heavy atom. The van der Waals surface area contributed by atoms with Gasteiger partial charge >= 0.3 is 0 Å². The number of hydrogen-bond acceptors (Lipinski definition) is 4. The van der Waals surface area contributed by atoms with Crippen molar-refractivity contribution < 1.29 is 14.0 Å². The Bertz CT molecular complexity index is 1180. The van der Waals surface area contributed by atoms with Gasteiger partial charge < -0.3 is 10.2 Å². The number of rotatable bonds is 7. The molecular weight excluding hydrogens is 481 g/mol. The SMILES string of the molecule is Cc1ccsc1CCN1C(=S)N(c2ccc(Cl)cc2)C(=O)[C@H]1CC(=O)Nc1ccc(F)cc1. The molecule has 0 spiro atoms. The van der Waals surface area contributed by atoms with Gasteiger partial charge in [0, 0.05) is 22.1 Å². The van der Waals surface area contributed by atoms with Gasteiger partial charge in [0.15, 0.2) is 5.11 Å². The van der Waals surface area contributed by atoms with Gasteiger partial charge in [-0.3, -0.25) is 14.5 Å². The number of anilines is 2. The molecule has 2 aromatic carbocycles. The summed E-state index contributed by atoms with van der Waals surface area (Å²) in [5, 5.41) is 5.67. The van der Waals surface area contributed by atoms with Crippen LogP contribution in [0.2, 0.25) is 5.02 Å². The molecule has 0 bridgehead atoms. The highest BCUT2D eigenvalue weighted by Crippen LogP contribution is 2.29. The van der Waals surface area contributed by atoms with Gasteiger partial charge in [-0.2, -0.15) is 0 Å². The number of halogens is 2. The third kappa shape index (κ3) is 5.24. The van der Waals surface area contributed by atoms with Gasteiger partial charge in [0.05, 0.1) is 12.1 Å². The second-order valence-corrected chi connectivity index (χ2v) is 9.48. The number of aryl methyl sites for hydroxylation is 1. The molecule has 1 N–H and O–H groups in total. The maximum absolute atomic E-state index is 13.4. The van der Waals surface area contributed by atoms with Gasteiger partial charge in [0.2, 0.25) is 5.91 Å². The smallest absolute Gasteiger partial charge is 0.256 e. The zero-order chi connectivity index (χ0) is 23.5. The van der Waals surface area contributed by atoms with Crippen molar-refractivity contribution in [3.05, 3.63) is 81.3 Å². The quantitative estimate of drug-likeness (QED) is 0.439. The number of amides is 2. The fourth-order valence-electron chi connectivity index (χ4n) is 3.72. The molecule has 2 amide bonds. The number of benzene rings is 2. The number of nitrogens with one attached hydrogen (secondary N) is 1. The summed E-state index contributed by atoms with van der Waals surface area (Å²) in [5.41, 5.74) is 2.26. The number of carbonyl (C=O) groups is 2. The highest BCUT2D eigenvalue weighted by Gasteiger charge is 2.44. The Kier molecular flexibility index (Phi) is 7.07. The molecular formula is C24H21ClFN3O2S2. The third-order valence-electron chi connectivity index (χ3n) is 5.46. The third-order valence-corrected chi connectivity index (χ3v) is 7.21. The molecule has 4 rings (SSSR count). The van der Waals surface area contributed by atoms with Crippen LogP contribution in [0.1, 0.15) is 16.9 Å². The van der Waals surface area contributed by atoms with Crippen molar-refractivity contribution in [1.82, 2.24) is 4.90 Å². The second kappa shape index (κ2) is 9.99. The molecule has 3 aromatic rings. The topological polar surface area (TPSA) is 52.7 Å². The van der Waals surface area contributed by atoms with Gasteiger partial charge in [-0.15, -0.1) is 11.3 Å². The first-order chi connectivity index (χ1) is 15.8. The van der Waals surface area contributed by atoms with Crippen LogP contribution in [-0.4, -0.2) is 34.4 Å². The Hall–Kier alpha value is -2.81. The largest absolute Gasteiger partial charge is 0.336 e. The summed E-state index contributed by atoms with van der Waals surface area (Å²) < 4.78 is 13.2. The van der Waals surface area contributed by atoms with Crippen LogP contribution in [0.15, 0.2) is 60.0 Å². The van der Waals surface area contributed by atoms with E-state index in [0.29, 0.717) is 34.5 Å². The molecule has 0 aliphatic carbocycles. The van der Waals surface area contributed by atoms with Gasteiger partial charge in [-0.05, 0) is 91.1 Å². The van der Waals surface area contributed by atoms with Crippen LogP contribution in [0.4, 0.5) is 15.8 Å². The zero-order valence-corrected chi connectivity index (χ0v) is 20.1. The molecule has 2 heterocycles. The summed E-state index contributed by atoms with van der Waals surface area (Å²) >= 11 is 13.3. The van der Waals surface area contributed by atoms with E-state index in [-0.39, 0.29) is 18.2 Å². The van der Waals surface area contributed by atoms with Crippen molar-refractivity contribution in [2.75, 3.05) is 16.8 Å². The molecule has 1 aliphatic heterocycles. The van der Waals surface area contributed by atoms with Crippen molar-refractivity contribution in [3.8, 4) is 0 Å². The lowest BCUT2D eigenvalue weighted by Crippen LogP contribution is -2.39. The molecule has 1 fully saturated rings. The summed E-state index contributed by atoms with van der Waals surface area (Å²) in [7, 11) is 0. The van der Waals surface area contributed by atoms with E-state index in [2.05, 4.69) is 11.4 Å². The summed E-state index contributed by atoms with van der Waals surface area (Å²) in [5.74, 6) is -1.00. The van der Waals surface area contributed by atoms with Crippen LogP contribution in [0.5, 0.6) is 0 Å².